The van der Waals surface area contributed by atoms with Crippen molar-refractivity contribution in [3.63, 3.8) is 0 Å². The summed E-state index contributed by atoms with van der Waals surface area (Å²) in [4.78, 5) is 12.8. The number of Topliss-reactive ketones (excluding diaryl/α,β-unsaturated/α-hetero) is 1. The van der Waals surface area contributed by atoms with Crippen molar-refractivity contribution in [2.24, 2.45) is 22.7 Å². The summed E-state index contributed by atoms with van der Waals surface area (Å²) in [7, 11) is -4.04. The normalized spacial score (nSPS) is 38.6. The van der Waals surface area contributed by atoms with Gasteiger partial charge in [0.2, 0.25) is 0 Å². The molecule has 0 aromatic carbocycles. The van der Waals surface area contributed by atoms with Gasteiger partial charge in [-0.25, -0.2) is 0 Å². The average molecular weight is 591 g/mol. The van der Waals surface area contributed by atoms with E-state index in [2.05, 4.69) is 93.7 Å². The largest absolute Gasteiger partial charge is 0.414 e. The molecule has 0 saturated heterocycles. The predicted molar refractivity (Wildman–Crippen MR) is 168 cm³/mol. The Bertz CT molecular complexity index is 1080. The van der Waals surface area contributed by atoms with Crippen LogP contribution in [0.3, 0.4) is 0 Å². The fourth-order valence-electron chi connectivity index (χ4n) is 8.00. The Morgan fingerprint density at radius 3 is 2.02 bits per heavy atom. The Balaban J connectivity index is 1.76. The molecule has 0 bridgehead atoms. The Kier molecular flexibility index (Phi) is 8.07. The van der Waals surface area contributed by atoms with Gasteiger partial charge >= 0.3 is 0 Å². The molecule has 228 valence electrons. The van der Waals surface area contributed by atoms with Crippen LogP contribution in [0, 0.1) is 22.7 Å². The number of aliphatic hydroxyl groups excluding tert-OH is 1. The molecule has 0 aliphatic heterocycles. The number of ketones is 1. The van der Waals surface area contributed by atoms with Gasteiger partial charge in [0.1, 0.15) is 12.2 Å². The molecule has 3 fully saturated rings. The zero-order chi connectivity index (χ0) is 30.3. The molecule has 0 radical (unpaired) electrons. The smallest absolute Gasteiger partial charge is 0.192 e. The molecule has 4 rings (SSSR count). The van der Waals surface area contributed by atoms with E-state index in [0.29, 0.717) is 12.3 Å². The molecule has 0 aromatic rings. The average Bonchev–Trinajstić information content (AvgIpc) is 3.09. The van der Waals surface area contributed by atoms with Crippen LogP contribution in [-0.4, -0.2) is 57.0 Å². The van der Waals surface area contributed by atoms with Crippen molar-refractivity contribution >= 4 is 22.4 Å². The standard InChI is InChI=1S/C33H58O5Si2/c1-29(2,3)39(9,10)37-23-19-22-13-14-24-25-16-18-33(36,27(35)21-34)31(25,7)17-15-26(24)32(22,8)28(20-23)38-40(11,12)30(4,5)6/h13-14,23,25-26,28,34,36H,15-21H2,1-12H3/t23-,25+,26+,28+,31+,32+,33+/m1/s1. The highest BCUT2D eigenvalue weighted by Gasteiger charge is 2.66. The van der Waals surface area contributed by atoms with Crippen LogP contribution in [0.2, 0.25) is 36.3 Å². The molecule has 7 atom stereocenters. The van der Waals surface area contributed by atoms with Crippen LogP contribution < -0.4 is 0 Å². The minimum absolute atomic E-state index is 0.0561. The third kappa shape index (κ3) is 4.83. The summed E-state index contributed by atoms with van der Waals surface area (Å²) in [6.45, 7) is 27.3. The van der Waals surface area contributed by atoms with Gasteiger partial charge in [0.25, 0.3) is 0 Å². The van der Waals surface area contributed by atoms with E-state index in [-0.39, 0.29) is 33.6 Å². The summed E-state index contributed by atoms with van der Waals surface area (Å²) in [5.41, 5.74) is 0.692. The molecule has 4 aliphatic rings. The van der Waals surface area contributed by atoms with Crippen molar-refractivity contribution in [3.8, 4) is 0 Å². The van der Waals surface area contributed by atoms with Gasteiger partial charge in [-0.05, 0) is 86.6 Å². The molecule has 5 nitrogen and oxygen atoms in total. The monoisotopic (exact) mass is 590 g/mol. The van der Waals surface area contributed by atoms with Crippen LogP contribution in [0.4, 0.5) is 0 Å². The van der Waals surface area contributed by atoms with Crippen molar-refractivity contribution in [3.05, 3.63) is 23.3 Å². The Morgan fingerprint density at radius 2 is 1.48 bits per heavy atom. The van der Waals surface area contributed by atoms with E-state index in [1.807, 2.05) is 0 Å². The lowest BCUT2D eigenvalue weighted by Gasteiger charge is -2.59. The quantitative estimate of drug-likeness (QED) is 0.312. The lowest BCUT2D eigenvalue weighted by molar-refractivity contribution is -0.156. The number of hydrogen-bond acceptors (Lipinski definition) is 5. The first-order valence-electron chi connectivity index (χ1n) is 15.7. The maximum absolute atomic E-state index is 12.8. The lowest BCUT2D eigenvalue weighted by Crippen LogP contribution is -2.60. The first-order valence-corrected chi connectivity index (χ1v) is 21.5. The van der Waals surface area contributed by atoms with E-state index in [1.165, 1.54) is 11.1 Å². The number of rotatable bonds is 6. The number of allylic oxidation sites excluding steroid dienone is 3. The van der Waals surface area contributed by atoms with Gasteiger partial charge in [-0.2, -0.15) is 0 Å². The second kappa shape index (κ2) is 9.98. The van der Waals surface area contributed by atoms with Gasteiger partial charge in [-0.1, -0.05) is 78.7 Å². The number of carbonyl (C=O) groups excluding carboxylic acids is 1. The van der Waals surface area contributed by atoms with Crippen molar-refractivity contribution in [2.45, 2.75) is 148 Å². The summed E-state index contributed by atoms with van der Waals surface area (Å²) in [6.07, 6.45) is 9.64. The van der Waals surface area contributed by atoms with Gasteiger partial charge in [-0.15, -0.1) is 0 Å². The van der Waals surface area contributed by atoms with Crippen molar-refractivity contribution in [1.82, 2.24) is 0 Å². The molecule has 40 heavy (non-hydrogen) atoms. The highest BCUT2D eigenvalue weighted by Crippen LogP contribution is 2.67. The van der Waals surface area contributed by atoms with Crippen LogP contribution in [0.5, 0.6) is 0 Å². The molecular formula is C33H58O5Si2. The fourth-order valence-corrected chi connectivity index (χ4v) is 10.8. The molecule has 7 heteroatoms. The molecule has 4 aliphatic carbocycles. The van der Waals surface area contributed by atoms with Crippen LogP contribution in [0.25, 0.3) is 0 Å². The molecular weight excluding hydrogens is 533 g/mol. The van der Waals surface area contributed by atoms with Gasteiger partial charge in [-0.3, -0.25) is 4.79 Å². The summed E-state index contributed by atoms with van der Waals surface area (Å²) in [5.74, 6) is 0.0362. The number of fused-ring (bicyclic) bond motifs is 5. The maximum Gasteiger partial charge on any atom is 0.192 e. The predicted octanol–water partition coefficient (Wildman–Crippen LogP) is 7.55. The van der Waals surface area contributed by atoms with Crippen molar-refractivity contribution in [2.75, 3.05) is 6.61 Å². The van der Waals surface area contributed by atoms with Gasteiger partial charge in [0.15, 0.2) is 22.4 Å². The second-order valence-electron chi connectivity index (χ2n) is 17.0. The minimum atomic E-state index is -2.08. The lowest BCUT2D eigenvalue weighted by atomic mass is 9.49. The van der Waals surface area contributed by atoms with E-state index in [9.17, 15) is 15.0 Å². The first kappa shape index (κ1) is 32.3. The van der Waals surface area contributed by atoms with E-state index >= 15 is 0 Å². The third-order valence-electron chi connectivity index (χ3n) is 12.9. The first-order chi connectivity index (χ1) is 18.0. The SMILES string of the molecule is CC(C)(C)[Si](C)(C)O[C@@H]1CC2=CC=C3[C@H](CC[C@@]4(C)[C@H]3CC[C@]4(O)C(=O)CO)[C@@]2(C)[C@@H](O[Si](C)(C)C(C)(C)C)C1. The molecule has 0 unspecified atom stereocenters. The Labute approximate surface area is 246 Å². The number of aliphatic hydroxyl groups is 2. The zero-order valence-electron chi connectivity index (χ0n) is 27.5. The van der Waals surface area contributed by atoms with Gasteiger partial charge < -0.3 is 19.1 Å². The van der Waals surface area contributed by atoms with Gasteiger partial charge in [0.05, 0.1) is 12.2 Å². The summed E-state index contributed by atoms with van der Waals surface area (Å²) < 4.78 is 14.5. The maximum atomic E-state index is 12.8. The number of hydrogen-bond donors (Lipinski definition) is 2. The molecule has 0 spiro atoms. The zero-order valence-corrected chi connectivity index (χ0v) is 29.5. The Hall–Kier alpha value is -0.576. The minimum Gasteiger partial charge on any atom is -0.414 e. The Morgan fingerprint density at radius 1 is 0.925 bits per heavy atom. The van der Waals surface area contributed by atoms with Crippen LogP contribution in [-0.2, 0) is 13.6 Å². The summed E-state index contributed by atoms with van der Waals surface area (Å²) >= 11 is 0. The molecule has 2 N–H and O–H groups in total. The number of carbonyl (C=O) groups is 1. The fraction of sp³-hybridized carbons (Fsp3) is 0.848. The molecule has 0 amide bonds. The second-order valence-corrected chi connectivity index (χ2v) is 26.5. The van der Waals surface area contributed by atoms with Crippen LogP contribution in [0.15, 0.2) is 23.3 Å². The van der Waals surface area contributed by atoms with Gasteiger partial charge in [0, 0.05) is 10.8 Å². The van der Waals surface area contributed by atoms with E-state index < -0.39 is 40.0 Å². The summed E-state index contributed by atoms with van der Waals surface area (Å²) in [6, 6.07) is 0. The topological polar surface area (TPSA) is 76.0 Å². The van der Waals surface area contributed by atoms with E-state index in [1.54, 1.807) is 0 Å². The molecule has 3 saturated carbocycles. The van der Waals surface area contributed by atoms with Crippen LogP contribution in [0.1, 0.15) is 93.9 Å². The van der Waals surface area contributed by atoms with Crippen LogP contribution >= 0.6 is 0 Å². The molecule has 0 aromatic heterocycles. The summed E-state index contributed by atoms with van der Waals surface area (Å²) in [5, 5.41) is 21.6. The van der Waals surface area contributed by atoms with Crippen molar-refractivity contribution in [1.29, 1.82) is 0 Å². The van der Waals surface area contributed by atoms with E-state index in [0.717, 1.165) is 32.1 Å². The highest BCUT2D eigenvalue weighted by atomic mass is 28.4. The third-order valence-corrected chi connectivity index (χ3v) is 21.9. The van der Waals surface area contributed by atoms with Crippen molar-refractivity contribution < 1.29 is 23.9 Å². The highest BCUT2D eigenvalue weighted by molar-refractivity contribution is 6.74. The van der Waals surface area contributed by atoms with E-state index in [4.69, 9.17) is 8.85 Å². The molecule has 0 heterocycles.